The number of carbonyl (C=O) groups excluding carboxylic acids is 1. The number of hydrogen-bond donors (Lipinski definition) is 2. The normalized spacial score (nSPS) is 13.4. The maximum atomic E-state index is 12.8. The van der Waals surface area contributed by atoms with E-state index in [0.29, 0.717) is 0 Å². The molecule has 1 aromatic carbocycles. The van der Waals surface area contributed by atoms with Crippen molar-refractivity contribution in [1.29, 1.82) is 0 Å². The predicted octanol–water partition coefficient (Wildman–Crippen LogP) is 2.22. The molecule has 1 atom stereocenters. The fraction of sp³-hybridized carbons (Fsp3) is 0.429. The van der Waals surface area contributed by atoms with E-state index >= 15 is 0 Å². The number of carbonyl (C=O) groups is 2. The van der Waals surface area contributed by atoms with Crippen molar-refractivity contribution in [2.75, 3.05) is 7.05 Å². The number of carboxylic acid groups (broad SMARTS) is 1. The molecule has 20 heavy (non-hydrogen) atoms. The van der Waals surface area contributed by atoms with Gasteiger partial charge in [-0.15, -0.1) is 0 Å². The highest BCUT2D eigenvalue weighted by Crippen LogP contribution is 2.11. The molecule has 1 unspecified atom stereocenters. The van der Waals surface area contributed by atoms with Crippen LogP contribution in [0.2, 0.25) is 0 Å². The van der Waals surface area contributed by atoms with Gasteiger partial charge in [0.05, 0.1) is 0 Å². The molecule has 2 amide bonds. The third-order valence-corrected chi connectivity index (χ3v) is 3.24. The van der Waals surface area contributed by atoms with E-state index < -0.39 is 17.5 Å². The first-order valence-electron chi connectivity index (χ1n) is 6.29. The van der Waals surface area contributed by atoms with Crippen LogP contribution in [-0.4, -0.2) is 34.6 Å². The lowest BCUT2D eigenvalue weighted by Crippen LogP contribution is -2.54. The Bertz CT molecular complexity index is 490. The number of rotatable bonds is 5. The summed E-state index contributed by atoms with van der Waals surface area (Å²) in [5.74, 6) is -1.42. The molecule has 6 heteroatoms. The van der Waals surface area contributed by atoms with E-state index in [0.717, 1.165) is 5.56 Å². The standard InChI is InChI=1S/C14H19FN2O3/c1-4-14(2,12(18)19)16-13(20)17(3)9-10-5-7-11(15)8-6-10/h5-8H,4,9H2,1-3H3,(H,16,20)(H,18,19). The molecule has 0 heterocycles. The topological polar surface area (TPSA) is 69.6 Å². The number of nitrogens with zero attached hydrogens (tertiary/aromatic N) is 1. The zero-order chi connectivity index (χ0) is 15.3. The van der Waals surface area contributed by atoms with Crippen molar-refractivity contribution in [3.63, 3.8) is 0 Å². The van der Waals surface area contributed by atoms with Crippen LogP contribution in [0.25, 0.3) is 0 Å². The van der Waals surface area contributed by atoms with Crippen LogP contribution in [0, 0.1) is 5.82 Å². The summed E-state index contributed by atoms with van der Waals surface area (Å²) in [6.45, 7) is 3.42. The molecule has 0 aromatic heterocycles. The number of halogens is 1. The number of nitrogens with one attached hydrogen (secondary N) is 1. The SMILES string of the molecule is CCC(C)(NC(=O)N(C)Cc1ccc(F)cc1)C(=O)O. The third-order valence-electron chi connectivity index (χ3n) is 3.24. The number of benzene rings is 1. The molecule has 0 saturated carbocycles. The molecular weight excluding hydrogens is 263 g/mol. The average molecular weight is 282 g/mol. The summed E-state index contributed by atoms with van der Waals surface area (Å²) in [6.07, 6.45) is 0.276. The first-order valence-corrected chi connectivity index (χ1v) is 6.29. The summed E-state index contributed by atoms with van der Waals surface area (Å²) in [6, 6.07) is 5.30. The number of urea groups is 1. The van der Waals surface area contributed by atoms with Crippen LogP contribution in [0.5, 0.6) is 0 Å². The van der Waals surface area contributed by atoms with E-state index in [1.165, 1.54) is 24.0 Å². The van der Waals surface area contributed by atoms with Gasteiger partial charge < -0.3 is 15.3 Å². The Morgan fingerprint density at radius 2 is 1.90 bits per heavy atom. The first kappa shape index (κ1) is 15.9. The maximum Gasteiger partial charge on any atom is 0.329 e. The van der Waals surface area contributed by atoms with Gasteiger partial charge in [0.25, 0.3) is 0 Å². The molecule has 0 spiro atoms. The summed E-state index contributed by atoms with van der Waals surface area (Å²) in [7, 11) is 1.55. The van der Waals surface area contributed by atoms with Gasteiger partial charge in [0.15, 0.2) is 0 Å². The molecule has 0 aliphatic rings. The van der Waals surface area contributed by atoms with Crippen LogP contribution in [0.15, 0.2) is 24.3 Å². The fourth-order valence-corrected chi connectivity index (χ4v) is 1.56. The fourth-order valence-electron chi connectivity index (χ4n) is 1.56. The summed E-state index contributed by atoms with van der Waals surface area (Å²) >= 11 is 0. The molecule has 1 rings (SSSR count). The van der Waals surface area contributed by atoms with Crippen LogP contribution in [-0.2, 0) is 11.3 Å². The van der Waals surface area contributed by atoms with Gasteiger partial charge in [-0.2, -0.15) is 0 Å². The van der Waals surface area contributed by atoms with Crippen LogP contribution in [0.3, 0.4) is 0 Å². The Morgan fingerprint density at radius 1 is 1.35 bits per heavy atom. The van der Waals surface area contributed by atoms with Gasteiger partial charge >= 0.3 is 12.0 Å². The molecule has 110 valence electrons. The minimum absolute atomic E-state index is 0.269. The van der Waals surface area contributed by atoms with Crippen LogP contribution < -0.4 is 5.32 Å². The molecule has 0 fully saturated rings. The smallest absolute Gasteiger partial charge is 0.329 e. The molecule has 0 aliphatic heterocycles. The molecule has 0 saturated heterocycles. The van der Waals surface area contributed by atoms with Crippen molar-refractivity contribution in [3.05, 3.63) is 35.6 Å². The Morgan fingerprint density at radius 3 is 2.35 bits per heavy atom. The second-order valence-electron chi connectivity index (χ2n) is 4.90. The molecule has 0 bridgehead atoms. The maximum absolute atomic E-state index is 12.8. The highest BCUT2D eigenvalue weighted by Gasteiger charge is 2.33. The lowest BCUT2D eigenvalue weighted by molar-refractivity contribution is -0.143. The number of amides is 2. The molecule has 1 aromatic rings. The minimum Gasteiger partial charge on any atom is -0.480 e. The van der Waals surface area contributed by atoms with Crippen LogP contribution in [0.1, 0.15) is 25.8 Å². The van der Waals surface area contributed by atoms with Gasteiger partial charge in [-0.25, -0.2) is 14.0 Å². The van der Waals surface area contributed by atoms with Crippen molar-refractivity contribution in [2.24, 2.45) is 0 Å². The zero-order valence-electron chi connectivity index (χ0n) is 11.8. The average Bonchev–Trinajstić information content (AvgIpc) is 2.40. The first-order chi connectivity index (χ1) is 9.28. The Balaban J connectivity index is 2.67. The lowest BCUT2D eigenvalue weighted by Gasteiger charge is -2.28. The van der Waals surface area contributed by atoms with Gasteiger partial charge in [-0.1, -0.05) is 19.1 Å². The van der Waals surface area contributed by atoms with E-state index in [1.54, 1.807) is 26.1 Å². The van der Waals surface area contributed by atoms with Crippen molar-refractivity contribution in [2.45, 2.75) is 32.4 Å². The second kappa shape index (κ2) is 6.36. The molecule has 2 N–H and O–H groups in total. The van der Waals surface area contributed by atoms with Crippen LogP contribution >= 0.6 is 0 Å². The minimum atomic E-state index is -1.30. The van der Waals surface area contributed by atoms with Gasteiger partial charge in [0.1, 0.15) is 11.4 Å². The van der Waals surface area contributed by atoms with Gasteiger partial charge in [0, 0.05) is 13.6 Å². The van der Waals surface area contributed by atoms with Crippen molar-refractivity contribution >= 4 is 12.0 Å². The van der Waals surface area contributed by atoms with Gasteiger partial charge in [-0.3, -0.25) is 0 Å². The Labute approximate surface area is 117 Å². The summed E-state index contributed by atoms with van der Waals surface area (Å²) in [4.78, 5) is 24.5. The highest BCUT2D eigenvalue weighted by molar-refractivity contribution is 5.85. The second-order valence-corrected chi connectivity index (χ2v) is 4.90. The summed E-state index contributed by atoms with van der Waals surface area (Å²) in [5, 5.41) is 11.6. The quantitative estimate of drug-likeness (QED) is 0.870. The van der Waals surface area contributed by atoms with Gasteiger partial charge in [-0.05, 0) is 31.0 Å². The Hall–Kier alpha value is -2.11. The van der Waals surface area contributed by atoms with E-state index in [1.807, 2.05) is 0 Å². The number of aliphatic carboxylic acids is 1. The molecular formula is C14H19FN2O3. The van der Waals surface area contributed by atoms with Crippen molar-refractivity contribution in [3.8, 4) is 0 Å². The predicted molar refractivity (Wildman–Crippen MR) is 72.7 cm³/mol. The van der Waals surface area contributed by atoms with Crippen molar-refractivity contribution < 1.29 is 19.1 Å². The summed E-state index contributed by atoms with van der Waals surface area (Å²) in [5.41, 5.74) is -0.536. The van der Waals surface area contributed by atoms with E-state index in [9.17, 15) is 14.0 Å². The van der Waals surface area contributed by atoms with E-state index in [-0.39, 0.29) is 18.8 Å². The van der Waals surface area contributed by atoms with Gasteiger partial charge in [0.2, 0.25) is 0 Å². The van der Waals surface area contributed by atoms with E-state index in [4.69, 9.17) is 5.11 Å². The Kier molecular flexibility index (Phi) is 5.07. The number of carboxylic acids is 1. The molecule has 5 nitrogen and oxygen atoms in total. The van der Waals surface area contributed by atoms with Crippen LogP contribution in [0.4, 0.5) is 9.18 Å². The molecule has 0 aliphatic carbocycles. The summed E-state index contributed by atoms with van der Waals surface area (Å²) < 4.78 is 12.8. The number of hydrogen-bond acceptors (Lipinski definition) is 2. The zero-order valence-corrected chi connectivity index (χ0v) is 11.8. The highest BCUT2D eigenvalue weighted by atomic mass is 19.1. The molecule has 0 radical (unpaired) electrons. The largest absolute Gasteiger partial charge is 0.480 e. The monoisotopic (exact) mass is 282 g/mol. The van der Waals surface area contributed by atoms with Crippen molar-refractivity contribution in [1.82, 2.24) is 10.2 Å². The lowest BCUT2D eigenvalue weighted by atomic mass is 10.00. The van der Waals surface area contributed by atoms with E-state index in [2.05, 4.69) is 5.32 Å². The third kappa shape index (κ3) is 3.94.